The molecule has 0 amide bonds. The Bertz CT molecular complexity index is 1870. The van der Waals surface area contributed by atoms with Crippen molar-refractivity contribution in [1.82, 2.24) is 5.16 Å². The first-order chi connectivity index (χ1) is 19.8. The average Bonchev–Trinajstić information content (AvgIpc) is 3.34. The third kappa shape index (κ3) is 6.06. The van der Waals surface area contributed by atoms with Gasteiger partial charge in [0.25, 0.3) is 0 Å². The first-order valence-electron chi connectivity index (χ1n) is 12.6. The summed E-state index contributed by atoms with van der Waals surface area (Å²) in [6, 6.07) is 22.0. The molecule has 6 nitrogen and oxygen atoms in total. The Morgan fingerprint density at radius 3 is 2.24 bits per heavy atom. The number of rotatable bonds is 8. The number of alkyl halides is 3. The molecule has 1 N–H and O–H groups in total. The van der Waals surface area contributed by atoms with Crippen molar-refractivity contribution in [3.05, 3.63) is 100 Å². The molecule has 0 radical (unpaired) electrons. The fourth-order valence-corrected chi connectivity index (χ4v) is 5.59. The molecule has 1 aromatic heterocycles. The summed E-state index contributed by atoms with van der Waals surface area (Å²) in [5.74, 6) is 1.28. The summed E-state index contributed by atoms with van der Waals surface area (Å²) in [6.07, 6.45) is 0. The van der Waals surface area contributed by atoms with Crippen LogP contribution in [0.2, 0.25) is 10.0 Å². The van der Waals surface area contributed by atoms with E-state index in [2.05, 4.69) is 5.16 Å². The van der Waals surface area contributed by atoms with Crippen molar-refractivity contribution in [2.75, 3.05) is 4.72 Å². The van der Waals surface area contributed by atoms with Gasteiger partial charge >= 0.3 is 15.5 Å². The molecule has 0 aliphatic carbocycles. The maximum atomic E-state index is 12.8. The number of ether oxygens (including phenoxy) is 1. The maximum absolute atomic E-state index is 12.8. The molecular formula is C30H23Cl2F3N2O4S. The molecule has 0 aliphatic rings. The summed E-state index contributed by atoms with van der Waals surface area (Å²) in [6.45, 7) is 4.12. The minimum Gasteiger partial charge on any atom is -0.489 e. The van der Waals surface area contributed by atoms with Gasteiger partial charge in [-0.1, -0.05) is 78.6 Å². The highest BCUT2D eigenvalue weighted by atomic mass is 35.5. The topological polar surface area (TPSA) is 81.4 Å². The summed E-state index contributed by atoms with van der Waals surface area (Å²) in [4.78, 5) is 0. The second-order valence-corrected chi connectivity index (χ2v) is 12.3. The van der Waals surface area contributed by atoms with Crippen molar-refractivity contribution < 1.29 is 30.8 Å². The zero-order valence-electron chi connectivity index (χ0n) is 22.2. The highest BCUT2D eigenvalue weighted by Crippen LogP contribution is 2.39. The third-order valence-electron chi connectivity index (χ3n) is 6.49. The van der Waals surface area contributed by atoms with Crippen LogP contribution in [-0.2, 0) is 16.6 Å². The molecule has 0 aliphatic heterocycles. The smallest absolute Gasteiger partial charge is 0.489 e. The van der Waals surface area contributed by atoms with E-state index in [1.165, 1.54) is 18.2 Å². The lowest BCUT2D eigenvalue weighted by Gasteiger charge is -2.12. The fraction of sp³-hybridized carbons (Fsp3) is 0.167. The van der Waals surface area contributed by atoms with Gasteiger partial charge < -0.3 is 9.26 Å². The Morgan fingerprint density at radius 1 is 0.905 bits per heavy atom. The Morgan fingerprint density at radius 2 is 1.55 bits per heavy atom. The number of sulfonamides is 1. The molecule has 0 fully saturated rings. The van der Waals surface area contributed by atoms with E-state index in [4.69, 9.17) is 32.5 Å². The Hall–Kier alpha value is -3.73. The van der Waals surface area contributed by atoms with Gasteiger partial charge in [-0.05, 0) is 64.4 Å². The van der Waals surface area contributed by atoms with Crippen molar-refractivity contribution in [3.63, 3.8) is 0 Å². The number of aromatic nitrogens is 1. The number of nitrogens with one attached hydrogen (secondary N) is 1. The summed E-state index contributed by atoms with van der Waals surface area (Å²) in [7, 11) is -5.53. The van der Waals surface area contributed by atoms with Crippen molar-refractivity contribution in [3.8, 4) is 28.1 Å². The zero-order valence-corrected chi connectivity index (χ0v) is 24.5. The van der Waals surface area contributed by atoms with Crippen LogP contribution in [0.1, 0.15) is 31.1 Å². The molecule has 0 bridgehead atoms. The van der Waals surface area contributed by atoms with Gasteiger partial charge in [0.2, 0.25) is 0 Å². The van der Waals surface area contributed by atoms with Gasteiger partial charge in [-0.3, -0.25) is 4.72 Å². The maximum Gasteiger partial charge on any atom is 0.516 e. The van der Waals surface area contributed by atoms with Crippen molar-refractivity contribution in [2.24, 2.45) is 0 Å². The molecule has 4 aromatic carbocycles. The van der Waals surface area contributed by atoms with E-state index in [9.17, 15) is 21.6 Å². The molecule has 0 saturated carbocycles. The molecule has 0 saturated heterocycles. The average molecular weight is 635 g/mol. The molecule has 5 rings (SSSR count). The summed E-state index contributed by atoms with van der Waals surface area (Å²) >= 11 is 12.9. The minimum absolute atomic E-state index is 0.0309. The van der Waals surface area contributed by atoms with E-state index in [0.717, 1.165) is 16.3 Å². The van der Waals surface area contributed by atoms with Crippen molar-refractivity contribution in [2.45, 2.75) is 31.9 Å². The largest absolute Gasteiger partial charge is 0.516 e. The Balaban J connectivity index is 1.39. The lowest BCUT2D eigenvalue weighted by molar-refractivity contribution is -0.0429. The molecule has 218 valence electrons. The predicted molar refractivity (Wildman–Crippen MR) is 158 cm³/mol. The predicted octanol–water partition coefficient (Wildman–Crippen LogP) is 9.43. The van der Waals surface area contributed by atoms with Gasteiger partial charge in [0.1, 0.15) is 23.8 Å². The van der Waals surface area contributed by atoms with E-state index in [0.29, 0.717) is 43.9 Å². The van der Waals surface area contributed by atoms with E-state index >= 15 is 0 Å². The molecule has 1 heterocycles. The first-order valence-corrected chi connectivity index (χ1v) is 14.9. The van der Waals surface area contributed by atoms with Gasteiger partial charge in [-0.2, -0.15) is 21.6 Å². The van der Waals surface area contributed by atoms with Crippen LogP contribution >= 0.6 is 23.2 Å². The van der Waals surface area contributed by atoms with Crippen LogP contribution in [0.5, 0.6) is 5.75 Å². The monoisotopic (exact) mass is 634 g/mol. The lowest BCUT2D eigenvalue weighted by Crippen LogP contribution is -2.29. The third-order valence-corrected chi connectivity index (χ3v) is 8.23. The van der Waals surface area contributed by atoms with Gasteiger partial charge in [-0.25, -0.2) is 0 Å². The summed E-state index contributed by atoms with van der Waals surface area (Å²) in [5.41, 5.74) is -2.57. The quantitative estimate of drug-likeness (QED) is 0.184. The van der Waals surface area contributed by atoms with Crippen molar-refractivity contribution in [1.29, 1.82) is 0 Å². The van der Waals surface area contributed by atoms with Crippen molar-refractivity contribution >= 4 is 49.7 Å². The van der Waals surface area contributed by atoms with Crippen LogP contribution in [0.25, 0.3) is 33.2 Å². The second-order valence-electron chi connectivity index (χ2n) is 9.77. The van der Waals surface area contributed by atoms with E-state index in [1.54, 1.807) is 41.1 Å². The van der Waals surface area contributed by atoms with Gasteiger partial charge in [-0.15, -0.1) is 0 Å². The van der Waals surface area contributed by atoms with E-state index in [1.807, 2.05) is 38.1 Å². The number of benzene rings is 4. The fourth-order valence-electron chi connectivity index (χ4n) is 4.46. The number of anilines is 1. The second kappa shape index (κ2) is 11.5. The van der Waals surface area contributed by atoms with Crippen LogP contribution in [0.15, 0.2) is 83.4 Å². The van der Waals surface area contributed by atoms with Gasteiger partial charge in [0, 0.05) is 17.2 Å². The van der Waals surface area contributed by atoms with Crippen LogP contribution in [0.3, 0.4) is 0 Å². The van der Waals surface area contributed by atoms with Gasteiger partial charge in [0.15, 0.2) is 0 Å². The molecule has 42 heavy (non-hydrogen) atoms. The summed E-state index contributed by atoms with van der Waals surface area (Å²) in [5, 5.41) is 6.83. The molecule has 12 heteroatoms. The summed E-state index contributed by atoms with van der Waals surface area (Å²) < 4.78 is 74.8. The van der Waals surface area contributed by atoms with Crippen LogP contribution in [0, 0.1) is 0 Å². The van der Waals surface area contributed by atoms with E-state index in [-0.39, 0.29) is 18.2 Å². The minimum atomic E-state index is -5.53. The Labute approximate surface area is 250 Å². The zero-order chi connectivity index (χ0) is 30.2. The lowest BCUT2D eigenvalue weighted by atomic mass is 10.0. The normalized spacial score (nSPS) is 12.2. The standard InChI is InChI=1S/C30H23Cl2F3N2O4S/c1-17(2)29-24(28(36-41-29)27-25(31)7-4-8-26(27)32)16-40-23-12-11-20-13-19(9-10-21(20)15-23)18-5-3-6-22(14-18)37-42(38,39)30(33,34)35/h3-15,17,37H,16H2,1-2H3. The number of fused-ring (bicyclic) bond motifs is 1. The molecule has 0 atom stereocenters. The number of nitrogens with zero attached hydrogens (tertiary/aromatic N) is 1. The molecule has 5 aromatic rings. The number of hydrogen-bond donors (Lipinski definition) is 1. The molecular weight excluding hydrogens is 612 g/mol. The van der Waals surface area contributed by atoms with Gasteiger partial charge in [0.05, 0.1) is 15.6 Å². The highest BCUT2D eigenvalue weighted by molar-refractivity contribution is 7.93. The number of halogens is 5. The van der Waals surface area contributed by atoms with Crippen LogP contribution < -0.4 is 9.46 Å². The molecule has 0 unspecified atom stereocenters. The molecule has 0 spiro atoms. The number of hydrogen-bond acceptors (Lipinski definition) is 5. The van der Waals surface area contributed by atoms with Crippen LogP contribution in [0.4, 0.5) is 18.9 Å². The highest BCUT2D eigenvalue weighted by Gasteiger charge is 2.46. The SMILES string of the molecule is CC(C)c1onc(-c2c(Cl)cccc2Cl)c1COc1ccc2cc(-c3cccc(NS(=O)(=O)C(F)(F)F)c3)ccc2c1. The van der Waals surface area contributed by atoms with Crippen LogP contribution in [-0.4, -0.2) is 19.1 Å². The Kier molecular flexibility index (Phi) is 8.15. The van der Waals surface area contributed by atoms with E-state index < -0.39 is 15.5 Å². The first kappa shape index (κ1) is 29.8.